The molecule has 1 aliphatic rings. The van der Waals surface area contributed by atoms with Gasteiger partial charge in [-0.05, 0) is 49.2 Å². The second-order valence-corrected chi connectivity index (χ2v) is 8.22. The van der Waals surface area contributed by atoms with Crippen LogP contribution in [-0.4, -0.2) is 41.0 Å². The molecule has 0 saturated heterocycles. The third-order valence-corrected chi connectivity index (χ3v) is 5.96. The number of aliphatic carboxylic acids is 1. The van der Waals surface area contributed by atoms with Crippen molar-refractivity contribution < 1.29 is 19.5 Å². The van der Waals surface area contributed by atoms with Gasteiger partial charge in [-0.25, -0.2) is 4.79 Å². The van der Waals surface area contributed by atoms with Crippen molar-refractivity contribution in [1.29, 1.82) is 0 Å². The van der Waals surface area contributed by atoms with Gasteiger partial charge in [-0.3, -0.25) is 19.8 Å². The summed E-state index contributed by atoms with van der Waals surface area (Å²) in [7, 11) is 0. The lowest BCUT2D eigenvalue weighted by molar-refractivity contribution is -0.137. The zero-order valence-electron chi connectivity index (χ0n) is 15.9. The Bertz CT molecular complexity index is 933. The Hall–Kier alpha value is -2.33. The zero-order valence-corrected chi connectivity index (χ0v) is 18.3. The summed E-state index contributed by atoms with van der Waals surface area (Å²) >= 11 is 7.16. The summed E-state index contributed by atoms with van der Waals surface area (Å²) in [5.74, 6) is -1.39. The first-order valence-corrected chi connectivity index (χ1v) is 10.2. The monoisotopic (exact) mass is 472 g/mol. The van der Waals surface area contributed by atoms with E-state index in [9.17, 15) is 14.4 Å². The molecular formula is C19H22Cl2N4O4S. The van der Waals surface area contributed by atoms with Gasteiger partial charge in [-0.2, -0.15) is 0 Å². The zero-order chi connectivity index (χ0) is 21.0. The fourth-order valence-electron chi connectivity index (χ4n) is 3.25. The third kappa shape index (κ3) is 6.09. The minimum Gasteiger partial charge on any atom is -0.481 e. The number of hydrogen-bond acceptors (Lipinski definition) is 5. The predicted octanol–water partition coefficient (Wildman–Crippen LogP) is 3.79. The van der Waals surface area contributed by atoms with Crippen LogP contribution < -0.4 is 16.4 Å². The third-order valence-electron chi connectivity index (χ3n) is 4.58. The number of carboxylic acid groups (broad SMARTS) is 1. The van der Waals surface area contributed by atoms with E-state index in [1.807, 2.05) is 0 Å². The van der Waals surface area contributed by atoms with E-state index < -0.39 is 17.9 Å². The molecule has 0 saturated carbocycles. The van der Waals surface area contributed by atoms with Gasteiger partial charge in [0.2, 0.25) is 0 Å². The van der Waals surface area contributed by atoms with Crippen LogP contribution in [0.1, 0.15) is 33.6 Å². The first kappa shape index (κ1) is 23.9. The van der Waals surface area contributed by atoms with Gasteiger partial charge in [0.05, 0.1) is 5.56 Å². The molecule has 2 heterocycles. The molecule has 3 rings (SSSR count). The lowest BCUT2D eigenvalue weighted by Gasteiger charge is -2.26. The summed E-state index contributed by atoms with van der Waals surface area (Å²) < 4.78 is 0. The molecule has 11 heteroatoms. The number of carboxylic acids is 1. The lowest BCUT2D eigenvalue weighted by atomic mass is 10.0. The Kier molecular flexibility index (Phi) is 8.48. The first-order chi connectivity index (χ1) is 13.8. The van der Waals surface area contributed by atoms with E-state index in [0.29, 0.717) is 53.8 Å². The largest absolute Gasteiger partial charge is 0.481 e. The molecule has 0 spiro atoms. The van der Waals surface area contributed by atoms with Gasteiger partial charge in [0.1, 0.15) is 5.00 Å². The molecule has 0 aliphatic carbocycles. The molecule has 162 valence electrons. The maximum absolute atomic E-state index is 12.4. The number of urea groups is 1. The van der Waals surface area contributed by atoms with Gasteiger partial charge in [0.25, 0.3) is 5.91 Å². The van der Waals surface area contributed by atoms with Crippen LogP contribution in [0, 0.1) is 0 Å². The first-order valence-electron chi connectivity index (χ1n) is 9.05. The summed E-state index contributed by atoms with van der Waals surface area (Å²) in [6.45, 7) is 1.97. The molecule has 0 bridgehead atoms. The van der Waals surface area contributed by atoms with E-state index >= 15 is 0 Å². The van der Waals surface area contributed by atoms with Crippen LogP contribution in [0.15, 0.2) is 24.3 Å². The second-order valence-electron chi connectivity index (χ2n) is 6.68. The number of nitrogens with one attached hydrogen (secondary N) is 2. The quantitative estimate of drug-likeness (QED) is 0.487. The molecule has 30 heavy (non-hydrogen) atoms. The van der Waals surface area contributed by atoms with Crippen molar-refractivity contribution in [1.82, 2.24) is 4.90 Å². The Morgan fingerprint density at radius 1 is 1.20 bits per heavy atom. The van der Waals surface area contributed by atoms with Crippen molar-refractivity contribution in [2.45, 2.75) is 25.8 Å². The summed E-state index contributed by atoms with van der Waals surface area (Å²) in [5.41, 5.74) is 7.36. The standard InChI is InChI=1S/C19H21ClN4O4S.ClH/c20-11-3-5-12(6-4-11)22-19(28)23-18-16(17(21)27)13-7-9-24(10-14(13)29-18)8-1-2-15(25)26;/h3-6H,1-2,7-10H2,(H2,21,27)(H,25,26)(H2,22,23,28);1H. The van der Waals surface area contributed by atoms with Gasteiger partial charge < -0.3 is 16.2 Å². The molecule has 0 fully saturated rings. The number of halogens is 2. The number of fused-ring (bicyclic) bond motifs is 1. The number of thiophene rings is 1. The topological polar surface area (TPSA) is 125 Å². The molecule has 3 amide bonds. The highest BCUT2D eigenvalue weighted by Crippen LogP contribution is 2.37. The molecule has 0 radical (unpaired) electrons. The minimum atomic E-state index is -0.812. The smallest absolute Gasteiger partial charge is 0.324 e. The number of nitrogens with zero attached hydrogens (tertiary/aromatic N) is 1. The number of carbonyl (C=O) groups excluding carboxylic acids is 2. The molecular weight excluding hydrogens is 451 g/mol. The summed E-state index contributed by atoms with van der Waals surface area (Å²) in [6, 6.07) is 6.19. The number of hydrogen-bond donors (Lipinski definition) is 4. The minimum absolute atomic E-state index is 0. The maximum Gasteiger partial charge on any atom is 0.324 e. The van der Waals surface area contributed by atoms with Crippen LogP contribution in [0.2, 0.25) is 5.02 Å². The molecule has 1 aromatic carbocycles. The second kappa shape index (κ2) is 10.6. The fourth-order valence-corrected chi connectivity index (χ4v) is 4.66. The van der Waals surface area contributed by atoms with Crippen molar-refractivity contribution >= 4 is 63.9 Å². The van der Waals surface area contributed by atoms with Gasteiger partial charge >= 0.3 is 12.0 Å². The van der Waals surface area contributed by atoms with Crippen LogP contribution in [-0.2, 0) is 17.8 Å². The van der Waals surface area contributed by atoms with Gasteiger partial charge in [0.15, 0.2) is 0 Å². The molecule has 2 aromatic rings. The average Bonchev–Trinajstić information content (AvgIpc) is 3.00. The number of benzene rings is 1. The molecule has 1 aliphatic heterocycles. The highest BCUT2D eigenvalue weighted by molar-refractivity contribution is 7.17. The number of carbonyl (C=O) groups is 3. The van der Waals surface area contributed by atoms with Crippen LogP contribution in [0.25, 0.3) is 0 Å². The van der Waals surface area contributed by atoms with Crippen molar-refractivity contribution in [2.24, 2.45) is 5.73 Å². The summed E-state index contributed by atoms with van der Waals surface area (Å²) in [4.78, 5) is 38.2. The lowest BCUT2D eigenvalue weighted by Crippen LogP contribution is -2.31. The van der Waals surface area contributed by atoms with Crippen molar-refractivity contribution in [2.75, 3.05) is 23.7 Å². The van der Waals surface area contributed by atoms with E-state index in [0.717, 1.165) is 10.4 Å². The van der Waals surface area contributed by atoms with Gasteiger partial charge in [0, 0.05) is 35.1 Å². The fraction of sp³-hybridized carbons (Fsp3) is 0.316. The van der Waals surface area contributed by atoms with Crippen LogP contribution in [0.5, 0.6) is 0 Å². The summed E-state index contributed by atoms with van der Waals surface area (Å²) in [5, 5.41) is 15.2. The number of anilines is 2. The number of nitrogens with two attached hydrogens (primary N) is 1. The summed E-state index contributed by atoms with van der Waals surface area (Å²) in [6.07, 6.45) is 1.31. The van der Waals surface area contributed by atoms with Crippen LogP contribution in [0.3, 0.4) is 0 Å². The number of rotatable bonds is 7. The van der Waals surface area contributed by atoms with Crippen LogP contribution >= 0.6 is 35.3 Å². The SMILES string of the molecule is Cl.NC(=O)c1c(NC(=O)Nc2ccc(Cl)cc2)sc2c1CCN(CCCC(=O)O)C2. The Morgan fingerprint density at radius 2 is 1.90 bits per heavy atom. The van der Waals surface area contributed by atoms with Crippen molar-refractivity contribution in [3.8, 4) is 0 Å². The van der Waals surface area contributed by atoms with Crippen molar-refractivity contribution in [3.63, 3.8) is 0 Å². The number of primary amides is 1. The Morgan fingerprint density at radius 3 is 2.53 bits per heavy atom. The molecule has 0 unspecified atom stereocenters. The molecule has 0 atom stereocenters. The van der Waals surface area contributed by atoms with E-state index in [1.54, 1.807) is 24.3 Å². The van der Waals surface area contributed by atoms with Crippen molar-refractivity contribution in [3.05, 3.63) is 45.3 Å². The Labute approximate surface area is 188 Å². The molecule has 5 N–H and O–H groups in total. The highest BCUT2D eigenvalue weighted by atomic mass is 35.5. The maximum atomic E-state index is 12.4. The van der Waals surface area contributed by atoms with E-state index in [2.05, 4.69) is 15.5 Å². The average molecular weight is 473 g/mol. The van der Waals surface area contributed by atoms with Gasteiger partial charge in [-0.15, -0.1) is 23.7 Å². The van der Waals surface area contributed by atoms with Gasteiger partial charge in [-0.1, -0.05) is 11.6 Å². The molecule has 8 nitrogen and oxygen atoms in total. The van der Waals surface area contributed by atoms with E-state index in [1.165, 1.54) is 11.3 Å². The van der Waals surface area contributed by atoms with Crippen LogP contribution in [0.4, 0.5) is 15.5 Å². The normalized spacial score (nSPS) is 13.1. The highest BCUT2D eigenvalue weighted by Gasteiger charge is 2.27. The molecule has 1 aromatic heterocycles. The van der Waals surface area contributed by atoms with E-state index in [4.69, 9.17) is 22.4 Å². The Balaban J connectivity index is 0.00000320. The van der Waals surface area contributed by atoms with E-state index in [-0.39, 0.29) is 18.8 Å². The number of amides is 3. The predicted molar refractivity (Wildman–Crippen MR) is 120 cm³/mol.